The topological polar surface area (TPSA) is 108 Å². The van der Waals surface area contributed by atoms with E-state index >= 15 is 0 Å². The van der Waals surface area contributed by atoms with Gasteiger partial charge in [0.1, 0.15) is 9.88 Å². The van der Waals surface area contributed by atoms with E-state index in [1.165, 1.54) is 42.9 Å². The molecule has 0 fully saturated rings. The van der Waals surface area contributed by atoms with Gasteiger partial charge in [-0.1, -0.05) is 24.3 Å². The van der Waals surface area contributed by atoms with Gasteiger partial charge in [-0.05, 0) is 55.9 Å². The van der Waals surface area contributed by atoms with Crippen LogP contribution in [0.4, 0.5) is 5.00 Å². The van der Waals surface area contributed by atoms with Gasteiger partial charge < -0.3 is 19.5 Å². The molecule has 1 aliphatic rings. The minimum Gasteiger partial charge on any atom is -0.465 e. The van der Waals surface area contributed by atoms with Crippen LogP contribution in [0.2, 0.25) is 0 Å². The molecule has 0 saturated carbocycles. The van der Waals surface area contributed by atoms with Gasteiger partial charge in [-0.3, -0.25) is 4.79 Å². The number of benzene rings is 1. The predicted molar refractivity (Wildman–Crippen MR) is 149 cm³/mol. The number of thiophene rings is 2. The zero-order valence-electron chi connectivity index (χ0n) is 21.6. The number of anilines is 1. The fourth-order valence-corrected chi connectivity index (χ4v) is 8.19. The Morgan fingerprint density at radius 2 is 1.68 bits per heavy atom. The zero-order chi connectivity index (χ0) is 27.6. The van der Waals surface area contributed by atoms with Gasteiger partial charge in [0.05, 0.1) is 41.4 Å². The molecule has 1 N–H and O–H groups in total. The van der Waals surface area contributed by atoms with Crippen LogP contribution >= 0.6 is 34.4 Å². The minimum absolute atomic E-state index is 0.115. The summed E-state index contributed by atoms with van der Waals surface area (Å²) in [6.45, 7) is 5.20. The maximum Gasteiger partial charge on any atom is 0.348 e. The van der Waals surface area contributed by atoms with Crippen molar-refractivity contribution in [3.63, 3.8) is 0 Å². The third kappa shape index (κ3) is 5.23. The lowest BCUT2D eigenvalue weighted by atomic mass is 9.89. The number of aryl methyl sites for hydroxylation is 1. The van der Waals surface area contributed by atoms with E-state index in [1.807, 2.05) is 18.2 Å². The highest BCUT2D eigenvalue weighted by Crippen LogP contribution is 2.47. The Morgan fingerprint density at radius 1 is 1.00 bits per heavy atom. The number of methoxy groups -OCH3 is 2. The van der Waals surface area contributed by atoms with Gasteiger partial charge >= 0.3 is 17.9 Å². The van der Waals surface area contributed by atoms with E-state index < -0.39 is 23.2 Å². The smallest absolute Gasteiger partial charge is 0.348 e. The molecular weight excluding hydrogens is 546 g/mol. The number of thioether (sulfide) groups is 1. The molecular formula is C27H27NO7S3. The van der Waals surface area contributed by atoms with Crippen molar-refractivity contribution in [1.82, 2.24) is 0 Å². The summed E-state index contributed by atoms with van der Waals surface area (Å²) in [5.41, 5.74) is 4.25. The van der Waals surface area contributed by atoms with Gasteiger partial charge in [-0.15, -0.1) is 34.4 Å². The molecule has 2 aromatic heterocycles. The first-order valence-corrected chi connectivity index (χ1v) is 14.4. The zero-order valence-corrected chi connectivity index (χ0v) is 24.0. The van der Waals surface area contributed by atoms with Crippen molar-refractivity contribution in [2.45, 2.75) is 43.1 Å². The third-order valence-corrected chi connectivity index (χ3v) is 9.93. The second-order valence-corrected chi connectivity index (χ2v) is 12.1. The van der Waals surface area contributed by atoms with E-state index in [0.29, 0.717) is 21.8 Å². The van der Waals surface area contributed by atoms with E-state index in [4.69, 9.17) is 14.2 Å². The summed E-state index contributed by atoms with van der Waals surface area (Å²) < 4.78 is 15.8. The summed E-state index contributed by atoms with van der Waals surface area (Å²) in [5.74, 6) is -2.06. The number of carbonyl (C=O) groups excluding carboxylic acids is 4. The molecule has 8 nitrogen and oxygen atoms in total. The molecule has 200 valence electrons. The molecule has 3 aromatic rings. The van der Waals surface area contributed by atoms with Gasteiger partial charge in [-0.25, -0.2) is 14.4 Å². The summed E-state index contributed by atoms with van der Waals surface area (Å²) in [6, 6.07) is 8.11. The Kier molecular flexibility index (Phi) is 8.59. The van der Waals surface area contributed by atoms with Crippen LogP contribution in [0.25, 0.3) is 10.4 Å². The molecule has 1 unspecified atom stereocenters. The molecule has 2 heterocycles. The number of ether oxygens (including phenoxy) is 3. The van der Waals surface area contributed by atoms with E-state index in [2.05, 4.69) is 11.4 Å². The summed E-state index contributed by atoms with van der Waals surface area (Å²) in [4.78, 5) is 52.2. The van der Waals surface area contributed by atoms with Crippen LogP contribution in [0.1, 0.15) is 60.9 Å². The van der Waals surface area contributed by atoms with Gasteiger partial charge in [0.2, 0.25) is 5.91 Å². The number of amides is 1. The number of esters is 3. The summed E-state index contributed by atoms with van der Waals surface area (Å²) >= 11 is 3.70. The minimum atomic E-state index is -0.664. The lowest BCUT2D eigenvalue weighted by Crippen LogP contribution is -2.23. The molecule has 4 rings (SSSR count). The molecule has 1 aromatic carbocycles. The summed E-state index contributed by atoms with van der Waals surface area (Å²) in [7, 11) is 2.58. The highest BCUT2D eigenvalue weighted by molar-refractivity contribution is 8.02. The number of rotatable bonds is 8. The quantitative estimate of drug-likeness (QED) is 0.206. The fraction of sp³-hybridized carbons (Fsp3) is 0.333. The normalized spacial score (nSPS) is 12.7. The second kappa shape index (κ2) is 11.7. The van der Waals surface area contributed by atoms with Crippen molar-refractivity contribution in [3.8, 4) is 10.4 Å². The monoisotopic (exact) mass is 573 g/mol. The standard InChI is InChI=1S/C27H27NO7S3/c1-6-35-26(32)20-13(2)18(24(30)33-4)23(37-20)28-22(29)14(3)36-27-19(25(31)34-5)17-12-11-15-9-7-8-10-16(15)21(17)38-27/h7-10,14H,6,11-12H2,1-5H3,(H,28,29). The number of carbonyl (C=O) groups is 4. The Bertz CT molecular complexity index is 1420. The van der Waals surface area contributed by atoms with E-state index in [1.54, 1.807) is 20.8 Å². The molecule has 0 bridgehead atoms. The SMILES string of the molecule is CCOC(=O)c1sc(NC(=O)C(C)Sc2sc3c(c2C(=O)OC)CCc2ccccc2-3)c(C(=O)OC)c1C. The highest BCUT2D eigenvalue weighted by Gasteiger charge is 2.32. The molecule has 38 heavy (non-hydrogen) atoms. The number of nitrogens with one attached hydrogen (secondary N) is 1. The van der Waals surface area contributed by atoms with E-state index in [-0.39, 0.29) is 28.0 Å². The third-order valence-electron chi connectivity index (χ3n) is 6.16. The molecule has 0 saturated heterocycles. The van der Waals surface area contributed by atoms with Crippen LogP contribution in [0, 0.1) is 6.92 Å². The van der Waals surface area contributed by atoms with Crippen molar-refractivity contribution >= 4 is 63.3 Å². The van der Waals surface area contributed by atoms with Gasteiger partial charge in [0.15, 0.2) is 0 Å². The van der Waals surface area contributed by atoms with Crippen molar-refractivity contribution in [2.75, 3.05) is 26.1 Å². The van der Waals surface area contributed by atoms with Crippen molar-refractivity contribution in [3.05, 3.63) is 57.0 Å². The van der Waals surface area contributed by atoms with Crippen LogP contribution in [0.5, 0.6) is 0 Å². The Hall–Kier alpha value is -3.15. The first-order chi connectivity index (χ1) is 18.2. The van der Waals surface area contributed by atoms with Gasteiger partial charge in [-0.2, -0.15) is 0 Å². The fourth-order valence-electron chi connectivity index (χ4n) is 4.28. The Balaban J connectivity index is 1.64. The highest BCUT2D eigenvalue weighted by atomic mass is 32.2. The number of fused-ring (bicyclic) bond motifs is 3. The van der Waals surface area contributed by atoms with Crippen LogP contribution in [0.15, 0.2) is 28.5 Å². The predicted octanol–water partition coefficient (Wildman–Crippen LogP) is 5.75. The summed E-state index contributed by atoms with van der Waals surface area (Å²) in [6.07, 6.45) is 1.53. The Morgan fingerprint density at radius 3 is 2.37 bits per heavy atom. The molecule has 1 aliphatic carbocycles. The first kappa shape index (κ1) is 27.9. The average Bonchev–Trinajstić information content (AvgIpc) is 3.44. The second-order valence-electron chi connectivity index (χ2n) is 8.44. The van der Waals surface area contributed by atoms with E-state index in [0.717, 1.165) is 33.8 Å². The molecule has 1 atom stereocenters. The maximum absolute atomic E-state index is 13.3. The van der Waals surface area contributed by atoms with Crippen molar-refractivity contribution in [1.29, 1.82) is 0 Å². The molecule has 0 spiro atoms. The molecule has 11 heteroatoms. The largest absolute Gasteiger partial charge is 0.465 e. The summed E-state index contributed by atoms with van der Waals surface area (Å²) in [5, 5.41) is 2.36. The Labute approximate surface area is 232 Å². The average molecular weight is 574 g/mol. The van der Waals surface area contributed by atoms with Crippen LogP contribution in [0.3, 0.4) is 0 Å². The van der Waals surface area contributed by atoms with Gasteiger partial charge in [0, 0.05) is 4.88 Å². The van der Waals surface area contributed by atoms with Crippen LogP contribution < -0.4 is 5.32 Å². The van der Waals surface area contributed by atoms with Crippen molar-refractivity contribution in [2.24, 2.45) is 0 Å². The van der Waals surface area contributed by atoms with Crippen molar-refractivity contribution < 1.29 is 33.4 Å². The van der Waals surface area contributed by atoms with Gasteiger partial charge in [0.25, 0.3) is 0 Å². The number of hydrogen-bond donors (Lipinski definition) is 1. The lowest BCUT2D eigenvalue weighted by Gasteiger charge is -2.16. The molecule has 0 radical (unpaired) electrons. The molecule has 1 amide bonds. The maximum atomic E-state index is 13.3. The van der Waals surface area contributed by atoms with E-state index in [9.17, 15) is 19.2 Å². The van der Waals surface area contributed by atoms with Crippen LogP contribution in [-0.2, 0) is 31.8 Å². The molecule has 0 aliphatic heterocycles. The first-order valence-electron chi connectivity index (χ1n) is 11.9. The number of hydrogen-bond acceptors (Lipinski definition) is 10. The van der Waals surface area contributed by atoms with Crippen LogP contribution in [-0.4, -0.2) is 49.9 Å². The lowest BCUT2D eigenvalue weighted by molar-refractivity contribution is -0.115.